The summed E-state index contributed by atoms with van der Waals surface area (Å²) in [6, 6.07) is 3.42. The molecule has 1 aliphatic carbocycles. The summed E-state index contributed by atoms with van der Waals surface area (Å²) in [5, 5.41) is 0. The van der Waals surface area contributed by atoms with Crippen LogP contribution in [0, 0.1) is 5.92 Å². The molecule has 1 aromatic rings. The van der Waals surface area contributed by atoms with Gasteiger partial charge >= 0.3 is 6.09 Å². The Bertz CT molecular complexity index is 728. The van der Waals surface area contributed by atoms with Gasteiger partial charge in [0.2, 0.25) is 0 Å². The van der Waals surface area contributed by atoms with Crippen molar-refractivity contribution in [3.05, 3.63) is 30.1 Å². The molecular formula is C26H41FN2O3. The van der Waals surface area contributed by atoms with Gasteiger partial charge in [0, 0.05) is 12.4 Å². The minimum absolute atomic E-state index is 0.0399. The molecule has 6 heteroatoms. The summed E-state index contributed by atoms with van der Waals surface area (Å²) < 4.78 is 26.9. The fourth-order valence-corrected chi connectivity index (χ4v) is 5.25. The maximum absolute atomic E-state index is 14.7. The summed E-state index contributed by atoms with van der Waals surface area (Å²) in [4.78, 5) is 19.0. The average Bonchev–Trinajstić information content (AvgIpc) is 2.97. The van der Waals surface area contributed by atoms with Crippen LogP contribution < -0.4 is 0 Å². The number of halogens is 1. The molecule has 0 N–H and O–H groups in total. The zero-order chi connectivity index (χ0) is 23.4. The van der Waals surface area contributed by atoms with E-state index in [0.29, 0.717) is 24.3 Å². The number of ether oxygens (including phenoxy) is 2. The number of hydrogen-bond donors (Lipinski definition) is 0. The molecule has 1 aromatic heterocycles. The predicted octanol–water partition coefficient (Wildman–Crippen LogP) is 6.97. The first kappa shape index (κ1) is 24.9. The molecule has 180 valence electrons. The highest BCUT2D eigenvalue weighted by Gasteiger charge is 2.51. The van der Waals surface area contributed by atoms with Gasteiger partial charge in [-0.3, -0.25) is 9.88 Å². The van der Waals surface area contributed by atoms with E-state index >= 15 is 0 Å². The number of hydrogen-bond acceptors (Lipinski definition) is 4. The Morgan fingerprint density at radius 2 is 1.91 bits per heavy atom. The van der Waals surface area contributed by atoms with Crippen LogP contribution in [0.25, 0.3) is 0 Å². The van der Waals surface area contributed by atoms with Crippen molar-refractivity contribution in [1.29, 1.82) is 0 Å². The second-order valence-electron chi connectivity index (χ2n) is 10.9. The lowest BCUT2D eigenvalue weighted by atomic mass is 9.83. The highest BCUT2D eigenvalue weighted by Crippen LogP contribution is 2.41. The molecule has 3 atom stereocenters. The number of carbonyl (C=O) groups excluding carboxylic acids is 1. The van der Waals surface area contributed by atoms with Gasteiger partial charge < -0.3 is 9.47 Å². The minimum Gasteiger partial charge on any atom is -0.444 e. The van der Waals surface area contributed by atoms with Crippen molar-refractivity contribution in [3.63, 3.8) is 0 Å². The molecule has 1 saturated heterocycles. The van der Waals surface area contributed by atoms with Gasteiger partial charge in [0.05, 0.1) is 12.1 Å². The SMILES string of the molecule is CC(C)(C)OC(=O)N1C(CC2CCCCC2)C(CCCC(F)c2ccncc2)OC1(C)C. The number of pyridine rings is 1. The molecule has 2 fully saturated rings. The van der Waals surface area contributed by atoms with Crippen molar-refractivity contribution < 1.29 is 18.7 Å². The van der Waals surface area contributed by atoms with E-state index in [2.05, 4.69) is 4.98 Å². The van der Waals surface area contributed by atoms with E-state index < -0.39 is 17.5 Å². The molecule has 0 radical (unpaired) electrons. The van der Waals surface area contributed by atoms with Crippen molar-refractivity contribution in [1.82, 2.24) is 9.88 Å². The highest BCUT2D eigenvalue weighted by atomic mass is 19.1. The van der Waals surface area contributed by atoms with E-state index in [-0.39, 0.29) is 18.2 Å². The molecule has 1 amide bonds. The third kappa shape index (κ3) is 6.66. The van der Waals surface area contributed by atoms with E-state index in [9.17, 15) is 9.18 Å². The van der Waals surface area contributed by atoms with Crippen molar-refractivity contribution in [3.8, 4) is 0 Å². The number of amides is 1. The molecule has 2 heterocycles. The fraction of sp³-hybridized carbons (Fsp3) is 0.769. The Kier molecular flexibility index (Phi) is 8.18. The Hall–Kier alpha value is -1.69. The van der Waals surface area contributed by atoms with Crippen LogP contribution in [0.3, 0.4) is 0 Å². The smallest absolute Gasteiger partial charge is 0.412 e. The van der Waals surface area contributed by atoms with Crippen LogP contribution in [0.1, 0.15) is 104 Å². The quantitative estimate of drug-likeness (QED) is 0.452. The third-order valence-corrected chi connectivity index (χ3v) is 6.68. The maximum Gasteiger partial charge on any atom is 0.412 e. The van der Waals surface area contributed by atoms with Crippen LogP contribution in [-0.2, 0) is 9.47 Å². The van der Waals surface area contributed by atoms with Crippen LogP contribution in [0.5, 0.6) is 0 Å². The monoisotopic (exact) mass is 448 g/mol. The van der Waals surface area contributed by atoms with E-state index in [1.165, 1.54) is 32.1 Å². The maximum atomic E-state index is 14.7. The molecule has 0 spiro atoms. The number of nitrogens with zero attached hydrogens (tertiary/aromatic N) is 2. The second kappa shape index (κ2) is 10.5. The van der Waals surface area contributed by atoms with Crippen LogP contribution in [0.2, 0.25) is 0 Å². The zero-order valence-electron chi connectivity index (χ0n) is 20.5. The Labute approximate surface area is 193 Å². The first-order valence-corrected chi connectivity index (χ1v) is 12.3. The van der Waals surface area contributed by atoms with E-state index in [1.54, 1.807) is 24.5 Å². The normalized spacial score (nSPS) is 25.0. The van der Waals surface area contributed by atoms with Gasteiger partial charge in [0.15, 0.2) is 0 Å². The first-order valence-electron chi connectivity index (χ1n) is 12.3. The van der Waals surface area contributed by atoms with Crippen molar-refractivity contribution in [2.24, 2.45) is 5.92 Å². The topological polar surface area (TPSA) is 51.7 Å². The number of alkyl halides is 1. The minimum atomic E-state index is -1.01. The molecule has 1 saturated carbocycles. The summed E-state index contributed by atoms with van der Waals surface area (Å²) >= 11 is 0. The molecule has 3 rings (SSSR count). The Balaban J connectivity index is 1.69. The molecule has 3 unspecified atom stereocenters. The number of carbonyl (C=O) groups is 1. The molecule has 5 nitrogen and oxygen atoms in total. The fourth-order valence-electron chi connectivity index (χ4n) is 5.25. The van der Waals surface area contributed by atoms with Crippen molar-refractivity contribution in [2.75, 3.05) is 0 Å². The van der Waals surface area contributed by atoms with Crippen LogP contribution in [0.15, 0.2) is 24.5 Å². The summed E-state index contributed by atoms with van der Waals surface area (Å²) in [6.07, 6.45) is 10.9. The first-order chi connectivity index (χ1) is 15.1. The van der Waals surface area contributed by atoms with Crippen LogP contribution in [-0.4, -0.2) is 39.4 Å². The molecular weight excluding hydrogens is 407 g/mol. The molecule has 0 aromatic carbocycles. The molecule has 2 aliphatic rings. The van der Waals surface area contributed by atoms with Crippen molar-refractivity contribution in [2.45, 2.75) is 122 Å². The van der Waals surface area contributed by atoms with Gasteiger partial charge in [-0.05, 0) is 83.9 Å². The predicted molar refractivity (Wildman–Crippen MR) is 124 cm³/mol. The standard InChI is InChI=1S/C26H41FN2O3/c1-25(2,3)32-24(30)29-22(18-19-10-7-6-8-11-19)23(31-26(29,4)5)13-9-12-21(27)20-14-16-28-17-15-20/h14-17,19,21-23H,6-13,18H2,1-5H3. The number of rotatable bonds is 7. The summed E-state index contributed by atoms with van der Waals surface area (Å²) in [7, 11) is 0. The van der Waals surface area contributed by atoms with E-state index in [1.807, 2.05) is 39.5 Å². The van der Waals surface area contributed by atoms with Crippen molar-refractivity contribution >= 4 is 6.09 Å². The largest absolute Gasteiger partial charge is 0.444 e. The van der Waals surface area contributed by atoms with Crippen LogP contribution >= 0.6 is 0 Å². The molecule has 0 bridgehead atoms. The Morgan fingerprint density at radius 3 is 2.53 bits per heavy atom. The van der Waals surface area contributed by atoms with Gasteiger partial charge in [-0.1, -0.05) is 32.1 Å². The van der Waals surface area contributed by atoms with E-state index in [4.69, 9.17) is 9.47 Å². The lowest BCUT2D eigenvalue weighted by molar-refractivity contribution is -0.0803. The van der Waals surface area contributed by atoms with Gasteiger partial charge in [-0.2, -0.15) is 0 Å². The molecule has 32 heavy (non-hydrogen) atoms. The van der Waals surface area contributed by atoms with Gasteiger partial charge in [0.25, 0.3) is 0 Å². The highest BCUT2D eigenvalue weighted by molar-refractivity contribution is 5.70. The third-order valence-electron chi connectivity index (χ3n) is 6.68. The van der Waals surface area contributed by atoms with E-state index in [0.717, 1.165) is 12.8 Å². The lowest BCUT2D eigenvalue weighted by Crippen LogP contribution is -2.50. The number of aromatic nitrogens is 1. The zero-order valence-corrected chi connectivity index (χ0v) is 20.5. The molecule has 1 aliphatic heterocycles. The summed E-state index contributed by atoms with van der Waals surface area (Å²) in [6.45, 7) is 9.56. The second-order valence-corrected chi connectivity index (χ2v) is 10.9. The average molecular weight is 449 g/mol. The van der Waals surface area contributed by atoms with Gasteiger partial charge in [0.1, 0.15) is 17.5 Å². The van der Waals surface area contributed by atoms with Crippen LogP contribution in [0.4, 0.5) is 9.18 Å². The Morgan fingerprint density at radius 1 is 1.25 bits per heavy atom. The van der Waals surface area contributed by atoms with Gasteiger partial charge in [-0.15, -0.1) is 0 Å². The summed E-state index contributed by atoms with van der Waals surface area (Å²) in [5.41, 5.74) is -0.638. The van der Waals surface area contributed by atoms with Gasteiger partial charge in [-0.25, -0.2) is 9.18 Å². The lowest BCUT2D eigenvalue weighted by Gasteiger charge is -2.37. The summed E-state index contributed by atoms with van der Waals surface area (Å²) in [5.74, 6) is 0.601.